The second kappa shape index (κ2) is 4.09. The summed E-state index contributed by atoms with van der Waals surface area (Å²) in [7, 11) is 0. The summed E-state index contributed by atoms with van der Waals surface area (Å²) in [6.07, 6.45) is 3.74. The largest absolute Gasteiger partial charge is 0.260 e. The standard InChI is InChI=1S/C9H11NS/c1-3-6-10-8(2)9-5-4-7-11-9/h3-7H,1-2H3/b6-3+,10-8?. The molecular weight excluding hydrogens is 154 g/mol. The Labute approximate surface area is 71.1 Å². The predicted octanol–water partition coefficient (Wildman–Crippen LogP) is 3.09. The predicted molar refractivity (Wildman–Crippen MR) is 51.3 cm³/mol. The van der Waals surface area contributed by atoms with Crippen LogP contribution in [-0.4, -0.2) is 5.71 Å². The minimum atomic E-state index is 1.08. The highest BCUT2D eigenvalue weighted by Gasteiger charge is 1.94. The van der Waals surface area contributed by atoms with Crippen LogP contribution in [0, 0.1) is 0 Å². The maximum absolute atomic E-state index is 4.23. The maximum Gasteiger partial charge on any atom is 0.0544 e. The second-order valence-electron chi connectivity index (χ2n) is 2.17. The normalized spacial score (nSPS) is 12.7. The highest BCUT2D eigenvalue weighted by molar-refractivity contribution is 7.12. The van der Waals surface area contributed by atoms with E-state index in [1.807, 2.05) is 32.2 Å². The van der Waals surface area contributed by atoms with E-state index in [0.717, 1.165) is 5.71 Å². The van der Waals surface area contributed by atoms with E-state index >= 15 is 0 Å². The SMILES string of the molecule is C/C=C/N=C(C)c1cccs1. The minimum Gasteiger partial charge on any atom is -0.260 e. The van der Waals surface area contributed by atoms with Crippen LogP contribution in [0.15, 0.2) is 34.8 Å². The molecule has 0 radical (unpaired) electrons. The van der Waals surface area contributed by atoms with Crippen LogP contribution in [0.3, 0.4) is 0 Å². The summed E-state index contributed by atoms with van der Waals surface area (Å²) in [4.78, 5) is 5.47. The molecule has 0 aromatic carbocycles. The Morgan fingerprint density at radius 1 is 1.64 bits per heavy atom. The highest BCUT2D eigenvalue weighted by Crippen LogP contribution is 2.09. The monoisotopic (exact) mass is 165 g/mol. The first kappa shape index (κ1) is 8.21. The van der Waals surface area contributed by atoms with Crippen LogP contribution in [0.5, 0.6) is 0 Å². The van der Waals surface area contributed by atoms with Gasteiger partial charge in [0.1, 0.15) is 0 Å². The van der Waals surface area contributed by atoms with Gasteiger partial charge in [-0.15, -0.1) is 11.3 Å². The lowest BCUT2D eigenvalue weighted by molar-refractivity contribution is 1.50. The van der Waals surface area contributed by atoms with Gasteiger partial charge in [-0.2, -0.15) is 0 Å². The fourth-order valence-electron chi connectivity index (χ4n) is 0.734. The summed E-state index contributed by atoms with van der Waals surface area (Å²) < 4.78 is 0. The summed E-state index contributed by atoms with van der Waals surface area (Å²) in [6.45, 7) is 3.98. The lowest BCUT2D eigenvalue weighted by Gasteiger charge is -1.90. The fraction of sp³-hybridized carbons (Fsp3) is 0.222. The molecule has 1 rings (SSSR count). The van der Waals surface area contributed by atoms with Crippen LogP contribution in [0.25, 0.3) is 0 Å². The van der Waals surface area contributed by atoms with Crippen LogP contribution in [-0.2, 0) is 0 Å². The van der Waals surface area contributed by atoms with Crippen LogP contribution < -0.4 is 0 Å². The van der Waals surface area contributed by atoms with Crippen molar-refractivity contribution in [2.75, 3.05) is 0 Å². The maximum atomic E-state index is 4.23. The zero-order valence-electron chi connectivity index (χ0n) is 6.74. The Kier molecular flexibility index (Phi) is 3.05. The van der Waals surface area contributed by atoms with Crippen LogP contribution in [0.2, 0.25) is 0 Å². The van der Waals surface area contributed by atoms with Gasteiger partial charge in [0, 0.05) is 11.1 Å². The van der Waals surface area contributed by atoms with E-state index in [9.17, 15) is 0 Å². The summed E-state index contributed by atoms with van der Waals surface area (Å²) in [6, 6.07) is 4.11. The van der Waals surface area contributed by atoms with Crippen molar-refractivity contribution in [3.8, 4) is 0 Å². The molecule has 0 N–H and O–H groups in total. The van der Waals surface area contributed by atoms with Gasteiger partial charge in [-0.3, -0.25) is 4.99 Å². The summed E-state index contributed by atoms with van der Waals surface area (Å²) in [5, 5.41) is 2.06. The Morgan fingerprint density at radius 2 is 2.45 bits per heavy atom. The number of rotatable bonds is 2. The first-order chi connectivity index (χ1) is 5.34. The van der Waals surface area contributed by atoms with E-state index in [0.29, 0.717) is 0 Å². The Morgan fingerprint density at radius 3 is 3.00 bits per heavy atom. The van der Waals surface area contributed by atoms with Gasteiger partial charge in [0.25, 0.3) is 0 Å². The first-order valence-electron chi connectivity index (χ1n) is 3.54. The van der Waals surface area contributed by atoms with Crippen molar-refractivity contribution in [2.45, 2.75) is 13.8 Å². The van der Waals surface area contributed by atoms with Crippen molar-refractivity contribution < 1.29 is 0 Å². The van der Waals surface area contributed by atoms with E-state index in [4.69, 9.17) is 0 Å². The molecular formula is C9H11NS. The number of thiophene rings is 1. The van der Waals surface area contributed by atoms with E-state index in [2.05, 4.69) is 16.4 Å². The van der Waals surface area contributed by atoms with Crippen LogP contribution in [0.1, 0.15) is 18.7 Å². The zero-order valence-corrected chi connectivity index (χ0v) is 7.56. The Bertz CT molecular complexity index is 257. The molecule has 1 aromatic heterocycles. The quantitative estimate of drug-likeness (QED) is 0.597. The molecule has 58 valence electrons. The second-order valence-corrected chi connectivity index (χ2v) is 3.12. The molecule has 0 amide bonds. The van der Waals surface area contributed by atoms with Gasteiger partial charge >= 0.3 is 0 Å². The van der Waals surface area contributed by atoms with Crippen molar-refractivity contribution in [2.24, 2.45) is 4.99 Å². The van der Waals surface area contributed by atoms with Crippen molar-refractivity contribution in [1.29, 1.82) is 0 Å². The molecule has 0 spiro atoms. The fourth-order valence-corrected chi connectivity index (χ4v) is 1.42. The molecule has 0 atom stereocenters. The minimum absolute atomic E-state index is 1.08. The third-order valence-electron chi connectivity index (χ3n) is 1.30. The molecule has 0 bridgehead atoms. The van der Waals surface area contributed by atoms with Crippen molar-refractivity contribution >= 4 is 17.0 Å². The van der Waals surface area contributed by atoms with Gasteiger partial charge < -0.3 is 0 Å². The molecule has 0 aliphatic rings. The Hall–Kier alpha value is -0.890. The molecule has 0 unspecified atom stereocenters. The third kappa shape index (κ3) is 2.31. The van der Waals surface area contributed by atoms with Gasteiger partial charge in [0.15, 0.2) is 0 Å². The lowest BCUT2D eigenvalue weighted by Crippen LogP contribution is -1.87. The average molecular weight is 165 g/mol. The van der Waals surface area contributed by atoms with Gasteiger partial charge in [-0.05, 0) is 25.3 Å². The molecule has 0 aliphatic heterocycles. The van der Waals surface area contributed by atoms with E-state index in [1.54, 1.807) is 11.3 Å². The zero-order chi connectivity index (χ0) is 8.10. The van der Waals surface area contributed by atoms with E-state index < -0.39 is 0 Å². The van der Waals surface area contributed by atoms with E-state index in [1.165, 1.54) is 4.88 Å². The van der Waals surface area contributed by atoms with Crippen LogP contribution >= 0.6 is 11.3 Å². The summed E-state index contributed by atoms with van der Waals surface area (Å²) in [5.74, 6) is 0. The molecule has 11 heavy (non-hydrogen) atoms. The van der Waals surface area contributed by atoms with Gasteiger partial charge in [0.2, 0.25) is 0 Å². The summed E-state index contributed by atoms with van der Waals surface area (Å²) >= 11 is 1.72. The molecule has 0 fully saturated rings. The third-order valence-corrected chi connectivity index (χ3v) is 2.27. The lowest BCUT2D eigenvalue weighted by atomic mass is 10.3. The number of hydrogen-bond donors (Lipinski definition) is 0. The van der Waals surface area contributed by atoms with Crippen molar-refractivity contribution in [3.63, 3.8) is 0 Å². The molecule has 0 saturated carbocycles. The molecule has 1 nitrogen and oxygen atoms in total. The van der Waals surface area contributed by atoms with Crippen LogP contribution in [0.4, 0.5) is 0 Å². The highest BCUT2D eigenvalue weighted by atomic mass is 32.1. The van der Waals surface area contributed by atoms with Crippen molar-refractivity contribution in [3.05, 3.63) is 34.7 Å². The first-order valence-corrected chi connectivity index (χ1v) is 4.42. The van der Waals surface area contributed by atoms with Gasteiger partial charge in [-0.25, -0.2) is 0 Å². The topological polar surface area (TPSA) is 12.4 Å². The number of nitrogens with zero attached hydrogens (tertiary/aromatic N) is 1. The number of allylic oxidation sites excluding steroid dienone is 1. The smallest absolute Gasteiger partial charge is 0.0544 e. The Balaban J connectivity index is 2.77. The average Bonchev–Trinajstić information content (AvgIpc) is 2.52. The van der Waals surface area contributed by atoms with Crippen molar-refractivity contribution in [1.82, 2.24) is 0 Å². The molecule has 1 heterocycles. The van der Waals surface area contributed by atoms with E-state index in [-0.39, 0.29) is 0 Å². The molecule has 0 saturated heterocycles. The van der Waals surface area contributed by atoms with Gasteiger partial charge in [0.05, 0.1) is 5.71 Å². The molecule has 2 heteroatoms. The summed E-state index contributed by atoms with van der Waals surface area (Å²) in [5.41, 5.74) is 1.08. The number of aliphatic imine (C=N–C) groups is 1. The van der Waals surface area contributed by atoms with Gasteiger partial charge in [-0.1, -0.05) is 12.1 Å². The molecule has 0 aliphatic carbocycles. The number of hydrogen-bond acceptors (Lipinski definition) is 2. The molecule has 1 aromatic rings.